The fraction of sp³-hybridized carbons (Fsp3) is 0.333. The Morgan fingerprint density at radius 2 is 1.69 bits per heavy atom. The first-order valence-electron chi connectivity index (χ1n) is 9.07. The van der Waals surface area contributed by atoms with Crippen molar-refractivity contribution in [3.8, 4) is 5.75 Å². The predicted molar refractivity (Wildman–Crippen MR) is 112 cm³/mol. The van der Waals surface area contributed by atoms with Crippen molar-refractivity contribution in [2.75, 3.05) is 26.5 Å². The number of nitrogens with one attached hydrogen (secondary N) is 1. The molecular formula is C21H26N2O5S. The Morgan fingerprint density at radius 1 is 1.00 bits per heavy atom. The monoisotopic (exact) mass is 418 g/mol. The molecule has 2 aromatic carbocycles. The maximum Gasteiger partial charge on any atom is 0.242 e. The van der Waals surface area contributed by atoms with Gasteiger partial charge in [0.1, 0.15) is 5.75 Å². The molecule has 7 nitrogen and oxygen atoms in total. The molecule has 0 bridgehead atoms. The largest absolute Gasteiger partial charge is 0.495 e. The van der Waals surface area contributed by atoms with Crippen molar-refractivity contribution in [1.29, 1.82) is 0 Å². The van der Waals surface area contributed by atoms with Gasteiger partial charge in [0.15, 0.2) is 5.78 Å². The molecule has 0 radical (unpaired) electrons. The fourth-order valence-corrected chi connectivity index (χ4v) is 3.58. The summed E-state index contributed by atoms with van der Waals surface area (Å²) >= 11 is 0. The third-order valence-corrected chi connectivity index (χ3v) is 6.44. The SMILES string of the molecule is COc1ccc(S(=O)(=O)N(C)C)cc1NC(=O)CCC(=O)c1ccc(C)c(C)c1. The van der Waals surface area contributed by atoms with Gasteiger partial charge in [0.25, 0.3) is 0 Å². The summed E-state index contributed by atoms with van der Waals surface area (Å²) in [4.78, 5) is 24.7. The number of sulfonamides is 1. The first-order chi connectivity index (χ1) is 13.6. The zero-order valence-corrected chi connectivity index (χ0v) is 18.1. The number of Topliss-reactive ketones (excluding diaryl/α,β-unsaturated/α-hetero) is 1. The van der Waals surface area contributed by atoms with Crippen LogP contribution in [-0.2, 0) is 14.8 Å². The minimum Gasteiger partial charge on any atom is -0.495 e. The number of nitrogens with zero attached hydrogens (tertiary/aromatic N) is 1. The highest BCUT2D eigenvalue weighted by atomic mass is 32.2. The number of carbonyl (C=O) groups is 2. The number of ether oxygens (including phenoxy) is 1. The molecule has 0 saturated carbocycles. The molecule has 0 atom stereocenters. The molecule has 0 aromatic heterocycles. The molecule has 0 fully saturated rings. The lowest BCUT2D eigenvalue weighted by Crippen LogP contribution is -2.22. The summed E-state index contributed by atoms with van der Waals surface area (Å²) in [7, 11) is 0.621. The molecule has 0 aliphatic carbocycles. The topological polar surface area (TPSA) is 92.8 Å². The lowest BCUT2D eigenvalue weighted by molar-refractivity contribution is -0.116. The smallest absolute Gasteiger partial charge is 0.242 e. The summed E-state index contributed by atoms with van der Waals surface area (Å²) in [5.74, 6) is -0.199. The number of benzene rings is 2. The summed E-state index contributed by atoms with van der Waals surface area (Å²) in [5.41, 5.74) is 2.92. The van der Waals surface area contributed by atoms with E-state index >= 15 is 0 Å². The number of anilines is 1. The van der Waals surface area contributed by atoms with Gasteiger partial charge < -0.3 is 10.1 Å². The van der Waals surface area contributed by atoms with Gasteiger partial charge in [-0.1, -0.05) is 12.1 Å². The first kappa shape index (κ1) is 22.6. The molecule has 1 amide bonds. The van der Waals surface area contributed by atoms with Gasteiger partial charge in [0.2, 0.25) is 15.9 Å². The van der Waals surface area contributed by atoms with Crippen molar-refractivity contribution in [1.82, 2.24) is 4.31 Å². The number of hydrogen-bond donors (Lipinski definition) is 1. The highest BCUT2D eigenvalue weighted by molar-refractivity contribution is 7.89. The zero-order chi connectivity index (χ0) is 21.8. The van der Waals surface area contributed by atoms with E-state index in [1.165, 1.54) is 39.4 Å². The van der Waals surface area contributed by atoms with Crippen LogP contribution in [0.4, 0.5) is 5.69 Å². The van der Waals surface area contributed by atoms with Crippen LogP contribution in [-0.4, -0.2) is 45.6 Å². The average molecular weight is 419 g/mol. The van der Waals surface area contributed by atoms with Crippen molar-refractivity contribution in [3.63, 3.8) is 0 Å². The standard InChI is InChI=1S/C21H26N2O5S/c1-14-6-7-16(12-15(14)2)19(24)9-11-21(25)22-18-13-17(8-10-20(18)28-5)29(26,27)23(3)4/h6-8,10,12-13H,9,11H2,1-5H3,(H,22,25). The van der Waals surface area contributed by atoms with E-state index in [9.17, 15) is 18.0 Å². The van der Waals surface area contributed by atoms with Crippen LogP contribution in [0.25, 0.3) is 0 Å². The predicted octanol–water partition coefficient (Wildman–Crippen LogP) is 3.16. The molecule has 29 heavy (non-hydrogen) atoms. The number of hydrogen-bond acceptors (Lipinski definition) is 5. The van der Waals surface area contributed by atoms with Crippen LogP contribution in [0, 0.1) is 13.8 Å². The van der Waals surface area contributed by atoms with Crippen molar-refractivity contribution < 1.29 is 22.7 Å². The van der Waals surface area contributed by atoms with Gasteiger partial charge in [0, 0.05) is 32.5 Å². The fourth-order valence-electron chi connectivity index (χ4n) is 2.66. The Bertz CT molecular complexity index is 1030. The Morgan fingerprint density at radius 3 is 2.28 bits per heavy atom. The minimum absolute atomic E-state index is 0.0282. The molecule has 1 N–H and O–H groups in total. The lowest BCUT2D eigenvalue weighted by Gasteiger charge is -2.15. The Kier molecular flexibility index (Phi) is 7.16. The van der Waals surface area contributed by atoms with Crippen LogP contribution in [0.15, 0.2) is 41.3 Å². The molecular weight excluding hydrogens is 392 g/mol. The van der Waals surface area contributed by atoms with Crippen LogP contribution in [0.2, 0.25) is 0 Å². The van der Waals surface area contributed by atoms with Crippen LogP contribution in [0.5, 0.6) is 5.75 Å². The van der Waals surface area contributed by atoms with Crippen LogP contribution in [0.1, 0.15) is 34.3 Å². The van der Waals surface area contributed by atoms with E-state index in [-0.39, 0.29) is 29.2 Å². The van der Waals surface area contributed by atoms with E-state index in [4.69, 9.17) is 4.74 Å². The lowest BCUT2D eigenvalue weighted by atomic mass is 10.0. The van der Waals surface area contributed by atoms with Crippen molar-refractivity contribution in [2.24, 2.45) is 0 Å². The van der Waals surface area contributed by atoms with E-state index in [1.807, 2.05) is 26.0 Å². The molecule has 2 aromatic rings. The second-order valence-corrected chi connectivity index (χ2v) is 9.07. The Balaban J connectivity index is 2.11. The first-order valence-corrected chi connectivity index (χ1v) is 10.5. The molecule has 0 unspecified atom stereocenters. The second-order valence-electron chi connectivity index (χ2n) is 6.92. The molecule has 8 heteroatoms. The van der Waals surface area contributed by atoms with E-state index in [1.54, 1.807) is 6.07 Å². The highest BCUT2D eigenvalue weighted by Crippen LogP contribution is 2.28. The highest BCUT2D eigenvalue weighted by Gasteiger charge is 2.20. The zero-order valence-electron chi connectivity index (χ0n) is 17.3. The molecule has 0 spiro atoms. The summed E-state index contributed by atoms with van der Waals surface area (Å²) in [6.07, 6.45) is 0.0197. The number of methoxy groups -OCH3 is 1. The van der Waals surface area contributed by atoms with Gasteiger partial charge in [-0.15, -0.1) is 0 Å². The summed E-state index contributed by atoms with van der Waals surface area (Å²) in [6, 6.07) is 9.68. The quantitative estimate of drug-likeness (QED) is 0.665. The van der Waals surface area contributed by atoms with E-state index in [2.05, 4.69) is 5.32 Å². The van der Waals surface area contributed by atoms with Crippen LogP contribution >= 0.6 is 0 Å². The molecule has 0 aliphatic rings. The number of rotatable bonds is 8. The van der Waals surface area contributed by atoms with Gasteiger partial charge in [-0.05, 0) is 49.2 Å². The van der Waals surface area contributed by atoms with Gasteiger partial charge >= 0.3 is 0 Å². The van der Waals surface area contributed by atoms with E-state index in [0.29, 0.717) is 11.3 Å². The molecule has 2 rings (SSSR count). The maximum absolute atomic E-state index is 12.4. The third kappa shape index (κ3) is 5.42. The number of amides is 1. The number of aryl methyl sites for hydroxylation is 2. The molecule has 0 aliphatic heterocycles. The molecule has 0 saturated heterocycles. The van der Waals surface area contributed by atoms with E-state index in [0.717, 1.165) is 15.4 Å². The Hall–Kier alpha value is -2.71. The van der Waals surface area contributed by atoms with Gasteiger partial charge in [-0.25, -0.2) is 12.7 Å². The van der Waals surface area contributed by atoms with Crippen molar-refractivity contribution >= 4 is 27.4 Å². The summed E-state index contributed by atoms with van der Waals surface area (Å²) < 4.78 is 30.9. The van der Waals surface area contributed by atoms with Crippen molar-refractivity contribution in [3.05, 3.63) is 53.1 Å². The van der Waals surface area contributed by atoms with Gasteiger partial charge in [-0.3, -0.25) is 9.59 Å². The third-order valence-electron chi connectivity index (χ3n) is 4.63. The number of ketones is 1. The Labute approximate surface area is 171 Å². The minimum atomic E-state index is -3.66. The van der Waals surface area contributed by atoms with Crippen LogP contribution < -0.4 is 10.1 Å². The van der Waals surface area contributed by atoms with E-state index < -0.39 is 15.9 Å². The summed E-state index contributed by atoms with van der Waals surface area (Å²) in [6.45, 7) is 3.90. The average Bonchev–Trinajstić information content (AvgIpc) is 2.68. The van der Waals surface area contributed by atoms with Crippen molar-refractivity contribution in [2.45, 2.75) is 31.6 Å². The maximum atomic E-state index is 12.4. The normalized spacial score (nSPS) is 11.4. The van der Waals surface area contributed by atoms with Gasteiger partial charge in [-0.2, -0.15) is 0 Å². The van der Waals surface area contributed by atoms with Crippen LogP contribution in [0.3, 0.4) is 0 Å². The number of carbonyl (C=O) groups excluding carboxylic acids is 2. The van der Waals surface area contributed by atoms with Gasteiger partial charge in [0.05, 0.1) is 17.7 Å². The molecule has 0 heterocycles. The molecule has 156 valence electrons. The summed E-state index contributed by atoms with van der Waals surface area (Å²) in [5, 5.41) is 2.64. The second kappa shape index (κ2) is 9.19.